The molecule has 0 atom stereocenters. The maximum Gasteiger partial charge on any atom is 0.350 e. The summed E-state index contributed by atoms with van der Waals surface area (Å²) < 4.78 is 4.45. The number of carbonyl (C=O) groups excluding carboxylic acids is 2. The van der Waals surface area contributed by atoms with Crippen LogP contribution in [0.15, 0.2) is 35.5 Å². The number of hydrogen-bond donors (Lipinski definition) is 2. The van der Waals surface area contributed by atoms with Crippen molar-refractivity contribution in [2.45, 2.75) is 0 Å². The molecule has 0 bridgehead atoms. The van der Waals surface area contributed by atoms with Gasteiger partial charge in [-0.25, -0.2) is 4.79 Å². The van der Waals surface area contributed by atoms with Gasteiger partial charge in [-0.15, -0.1) is 0 Å². The zero-order chi connectivity index (χ0) is 13.1. The number of amides is 1. The number of methoxy groups -OCH3 is 1. The van der Waals surface area contributed by atoms with Gasteiger partial charge in [-0.2, -0.15) is 5.26 Å². The molecule has 1 aromatic rings. The second-order valence-corrected chi connectivity index (χ2v) is 3.48. The molecule has 0 aromatic heterocycles. The van der Waals surface area contributed by atoms with E-state index >= 15 is 0 Å². The van der Waals surface area contributed by atoms with Crippen LogP contribution in [-0.4, -0.2) is 19.0 Å². The lowest BCUT2D eigenvalue weighted by molar-refractivity contribution is -0.135. The summed E-state index contributed by atoms with van der Waals surface area (Å²) in [7, 11) is 1.15. The Morgan fingerprint density at radius 2 is 1.89 bits per heavy atom. The summed E-state index contributed by atoms with van der Waals surface area (Å²) in [6.45, 7) is 0. The van der Waals surface area contributed by atoms with Gasteiger partial charge in [-0.05, 0) is 12.1 Å². The molecule has 1 aliphatic heterocycles. The number of nitriles is 1. The van der Waals surface area contributed by atoms with Crippen molar-refractivity contribution in [3.05, 3.63) is 35.5 Å². The lowest BCUT2D eigenvalue weighted by atomic mass is 10.1. The molecule has 0 spiro atoms. The van der Waals surface area contributed by atoms with E-state index in [4.69, 9.17) is 5.26 Å². The molecule has 6 heteroatoms. The van der Waals surface area contributed by atoms with Crippen LogP contribution in [0.4, 0.5) is 11.4 Å². The highest BCUT2D eigenvalue weighted by Gasteiger charge is 2.26. The van der Waals surface area contributed by atoms with Crippen LogP contribution in [0.25, 0.3) is 0 Å². The fourth-order valence-corrected chi connectivity index (χ4v) is 1.56. The summed E-state index contributed by atoms with van der Waals surface area (Å²) >= 11 is 0. The first-order chi connectivity index (χ1) is 8.67. The molecule has 2 rings (SSSR count). The Kier molecular flexibility index (Phi) is 2.98. The van der Waals surface area contributed by atoms with E-state index in [0.29, 0.717) is 11.4 Å². The van der Waals surface area contributed by atoms with Gasteiger partial charge < -0.3 is 15.4 Å². The molecular weight excluding hydrogens is 234 g/mol. The van der Waals surface area contributed by atoms with Gasteiger partial charge in [0.25, 0.3) is 5.91 Å². The first-order valence-corrected chi connectivity index (χ1v) is 5.07. The number of benzene rings is 1. The number of carbonyl (C=O) groups is 2. The zero-order valence-corrected chi connectivity index (χ0v) is 9.48. The third kappa shape index (κ3) is 1.89. The fourth-order valence-electron chi connectivity index (χ4n) is 1.56. The number of esters is 1. The normalized spacial score (nSPS) is 15.7. The van der Waals surface area contributed by atoms with Crippen LogP contribution in [-0.2, 0) is 14.3 Å². The standard InChI is InChI=1S/C12H9N3O3/c1-18-12(17)7(6-13)10-11(16)15-9-5-3-2-4-8(9)14-10/h2-5,14H,1H3,(H,15,16)/b10-7-. The van der Waals surface area contributed by atoms with Crippen molar-refractivity contribution in [1.82, 2.24) is 0 Å². The number of fused-ring (bicyclic) bond motifs is 1. The largest absolute Gasteiger partial charge is 0.465 e. The van der Waals surface area contributed by atoms with Gasteiger partial charge in [-0.3, -0.25) is 4.79 Å². The van der Waals surface area contributed by atoms with E-state index in [0.717, 1.165) is 7.11 Å². The predicted octanol–water partition coefficient (Wildman–Crippen LogP) is 1.00. The smallest absolute Gasteiger partial charge is 0.350 e. The van der Waals surface area contributed by atoms with Crippen molar-refractivity contribution in [3.63, 3.8) is 0 Å². The van der Waals surface area contributed by atoms with Gasteiger partial charge in [0, 0.05) is 0 Å². The lowest BCUT2D eigenvalue weighted by Crippen LogP contribution is -2.28. The van der Waals surface area contributed by atoms with Gasteiger partial charge in [0.05, 0.1) is 18.5 Å². The average molecular weight is 243 g/mol. The number of para-hydroxylation sites is 2. The quantitative estimate of drug-likeness (QED) is 0.436. The molecule has 0 aliphatic carbocycles. The minimum Gasteiger partial charge on any atom is -0.465 e. The lowest BCUT2D eigenvalue weighted by Gasteiger charge is -2.21. The summed E-state index contributed by atoms with van der Waals surface area (Å²) in [5.41, 5.74) is 0.740. The van der Waals surface area contributed by atoms with Crippen LogP contribution in [0, 0.1) is 11.3 Å². The molecule has 18 heavy (non-hydrogen) atoms. The first-order valence-electron chi connectivity index (χ1n) is 5.07. The average Bonchev–Trinajstić information content (AvgIpc) is 2.39. The number of nitrogens with zero attached hydrogens (tertiary/aromatic N) is 1. The number of anilines is 2. The van der Waals surface area contributed by atoms with Gasteiger partial charge in [-0.1, -0.05) is 12.1 Å². The molecule has 0 unspecified atom stereocenters. The number of ether oxygens (including phenoxy) is 1. The molecule has 2 N–H and O–H groups in total. The van der Waals surface area contributed by atoms with Crippen LogP contribution in [0.2, 0.25) is 0 Å². The predicted molar refractivity (Wildman–Crippen MR) is 63.3 cm³/mol. The van der Waals surface area contributed by atoms with Crippen molar-refractivity contribution in [2.75, 3.05) is 17.7 Å². The van der Waals surface area contributed by atoms with Crippen LogP contribution in [0.5, 0.6) is 0 Å². The minimum atomic E-state index is -0.852. The van der Waals surface area contributed by atoms with Crippen molar-refractivity contribution < 1.29 is 14.3 Å². The Bertz CT molecular complexity index is 599. The van der Waals surface area contributed by atoms with Crippen molar-refractivity contribution in [3.8, 4) is 6.07 Å². The molecule has 1 aromatic carbocycles. The summed E-state index contributed by atoms with van der Waals surface area (Å²) in [6, 6.07) is 8.63. The van der Waals surface area contributed by atoms with E-state index in [1.165, 1.54) is 0 Å². The first kappa shape index (κ1) is 11.7. The molecule has 0 saturated carbocycles. The van der Waals surface area contributed by atoms with Gasteiger partial charge in [0.1, 0.15) is 11.8 Å². The Morgan fingerprint density at radius 3 is 2.44 bits per heavy atom. The SMILES string of the molecule is COC(=O)/C(C#N)=C1\Nc2ccccc2NC1=O. The molecule has 0 saturated heterocycles. The molecular formula is C12H9N3O3. The third-order valence-electron chi connectivity index (χ3n) is 2.41. The van der Waals surface area contributed by atoms with Crippen molar-refractivity contribution in [1.29, 1.82) is 5.26 Å². The number of hydrogen-bond acceptors (Lipinski definition) is 5. The molecule has 0 radical (unpaired) electrons. The monoisotopic (exact) mass is 243 g/mol. The van der Waals surface area contributed by atoms with E-state index in [9.17, 15) is 9.59 Å². The van der Waals surface area contributed by atoms with Gasteiger partial charge >= 0.3 is 5.97 Å². The van der Waals surface area contributed by atoms with Crippen molar-refractivity contribution in [2.24, 2.45) is 0 Å². The van der Waals surface area contributed by atoms with E-state index in [2.05, 4.69) is 15.4 Å². The summed E-state index contributed by atoms with van der Waals surface area (Å²) in [4.78, 5) is 23.2. The van der Waals surface area contributed by atoms with Crippen LogP contribution in [0.1, 0.15) is 0 Å². The summed E-state index contributed by atoms with van der Waals surface area (Å²) in [5, 5.41) is 14.3. The number of rotatable bonds is 1. The molecule has 6 nitrogen and oxygen atoms in total. The van der Waals surface area contributed by atoms with E-state index < -0.39 is 11.9 Å². The van der Waals surface area contributed by atoms with Crippen LogP contribution < -0.4 is 10.6 Å². The highest BCUT2D eigenvalue weighted by atomic mass is 16.5. The van der Waals surface area contributed by atoms with Crippen LogP contribution >= 0.6 is 0 Å². The summed E-state index contributed by atoms with van der Waals surface area (Å²) in [6.07, 6.45) is 0. The van der Waals surface area contributed by atoms with Crippen LogP contribution in [0.3, 0.4) is 0 Å². The topological polar surface area (TPSA) is 91.2 Å². The molecule has 1 heterocycles. The minimum absolute atomic E-state index is 0.108. The Hall–Kier alpha value is -2.81. The highest BCUT2D eigenvalue weighted by molar-refractivity contribution is 6.15. The highest BCUT2D eigenvalue weighted by Crippen LogP contribution is 2.28. The fraction of sp³-hybridized carbons (Fsp3) is 0.0833. The Morgan fingerprint density at radius 1 is 1.28 bits per heavy atom. The third-order valence-corrected chi connectivity index (χ3v) is 2.41. The molecule has 0 fully saturated rings. The van der Waals surface area contributed by atoms with E-state index in [1.54, 1.807) is 30.3 Å². The molecule has 90 valence electrons. The maximum absolute atomic E-state index is 11.8. The second kappa shape index (κ2) is 4.59. The zero-order valence-electron chi connectivity index (χ0n) is 9.48. The van der Waals surface area contributed by atoms with Crippen molar-refractivity contribution >= 4 is 23.3 Å². The van der Waals surface area contributed by atoms with E-state index in [-0.39, 0.29) is 11.3 Å². The Balaban J connectivity index is 2.49. The number of nitrogens with one attached hydrogen (secondary N) is 2. The maximum atomic E-state index is 11.8. The Labute approximate surface area is 103 Å². The van der Waals surface area contributed by atoms with Gasteiger partial charge in [0.2, 0.25) is 0 Å². The van der Waals surface area contributed by atoms with Gasteiger partial charge in [0.15, 0.2) is 5.57 Å². The summed E-state index contributed by atoms with van der Waals surface area (Å²) in [5.74, 6) is -1.40. The molecule has 1 amide bonds. The van der Waals surface area contributed by atoms with E-state index in [1.807, 2.05) is 0 Å². The second-order valence-electron chi connectivity index (χ2n) is 3.48. The molecule has 1 aliphatic rings.